The number of piperazine rings is 1. The van der Waals surface area contributed by atoms with Crippen LogP contribution in [0.1, 0.15) is 89.2 Å². The molecule has 1 aromatic carbocycles. The van der Waals surface area contributed by atoms with Gasteiger partial charge in [0, 0.05) is 49.9 Å². The Morgan fingerprint density at radius 3 is 2.53 bits per heavy atom. The number of anilines is 1. The molecule has 0 unspecified atom stereocenters. The predicted octanol–water partition coefficient (Wildman–Crippen LogP) is 6.49. The highest BCUT2D eigenvalue weighted by Gasteiger charge is 2.30. The Hall–Kier alpha value is -2.75. The Balaban J connectivity index is 1.31. The van der Waals surface area contributed by atoms with E-state index < -0.39 is 0 Å². The molecule has 2 fully saturated rings. The molecule has 0 spiro atoms. The fourth-order valence-electron chi connectivity index (χ4n) is 6.56. The van der Waals surface area contributed by atoms with Gasteiger partial charge in [-0.2, -0.15) is 0 Å². The zero-order chi connectivity index (χ0) is 26.7. The van der Waals surface area contributed by atoms with Gasteiger partial charge in [0.15, 0.2) is 5.71 Å². The number of nitrogens with zero attached hydrogens (tertiary/aromatic N) is 4. The Kier molecular flexibility index (Phi) is 8.16. The molecular formula is C32H43N5O. The maximum absolute atomic E-state index is 13.0. The maximum atomic E-state index is 13.0. The lowest BCUT2D eigenvalue weighted by molar-refractivity contribution is -0.110. The number of benzene rings is 1. The second-order valence-corrected chi connectivity index (χ2v) is 12.3. The summed E-state index contributed by atoms with van der Waals surface area (Å²) in [6.45, 7) is 20.1. The van der Waals surface area contributed by atoms with Crippen LogP contribution in [-0.2, 0) is 4.79 Å². The Bertz CT molecular complexity index is 1170. The summed E-state index contributed by atoms with van der Waals surface area (Å²) >= 11 is 0. The van der Waals surface area contributed by atoms with Gasteiger partial charge in [-0.25, -0.2) is 0 Å². The summed E-state index contributed by atoms with van der Waals surface area (Å²) < 4.78 is 0. The van der Waals surface area contributed by atoms with Gasteiger partial charge in [-0.3, -0.25) is 9.69 Å². The topological polar surface area (TPSA) is 52.3 Å². The molecule has 1 saturated carbocycles. The molecule has 5 rings (SSSR count). The van der Waals surface area contributed by atoms with Crippen LogP contribution in [0.3, 0.4) is 0 Å². The van der Waals surface area contributed by atoms with Crippen LogP contribution >= 0.6 is 0 Å². The first-order valence-corrected chi connectivity index (χ1v) is 14.6. The average Bonchev–Trinajstić information content (AvgIpc) is 3.43. The van der Waals surface area contributed by atoms with E-state index in [1.807, 2.05) is 0 Å². The highest BCUT2D eigenvalue weighted by molar-refractivity contribution is 6.44. The van der Waals surface area contributed by atoms with Crippen LogP contribution in [0, 0.1) is 12.0 Å². The Labute approximate surface area is 228 Å². The largest absolute Gasteiger partial charge is 0.361 e. The van der Waals surface area contributed by atoms with Crippen LogP contribution in [0.15, 0.2) is 41.2 Å². The number of allylic oxidation sites excluding steroid dienone is 3. The van der Waals surface area contributed by atoms with Gasteiger partial charge in [0.05, 0.1) is 0 Å². The molecule has 1 aromatic rings. The van der Waals surface area contributed by atoms with Crippen LogP contribution in [0.4, 0.5) is 5.69 Å². The first kappa shape index (κ1) is 26.8. The lowest BCUT2D eigenvalue weighted by Gasteiger charge is -2.42. The lowest BCUT2D eigenvalue weighted by Crippen LogP contribution is -2.50. The Morgan fingerprint density at radius 1 is 1.13 bits per heavy atom. The molecule has 2 heterocycles. The van der Waals surface area contributed by atoms with E-state index in [-0.39, 0.29) is 5.91 Å². The first-order chi connectivity index (χ1) is 18.3. The van der Waals surface area contributed by atoms with Gasteiger partial charge in [-0.15, -0.1) is 4.99 Å². The first-order valence-electron chi connectivity index (χ1n) is 14.6. The molecule has 1 amide bonds. The number of hydrogen-bond acceptors (Lipinski definition) is 4. The van der Waals surface area contributed by atoms with E-state index in [9.17, 15) is 4.79 Å². The van der Waals surface area contributed by atoms with Crippen molar-refractivity contribution < 1.29 is 4.79 Å². The lowest BCUT2D eigenvalue weighted by atomic mass is 9.76. The smallest absolute Gasteiger partial charge is 0.293 e. The van der Waals surface area contributed by atoms with Crippen molar-refractivity contribution in [1.29, 1.82) is 0 Å². The van der Waals surface area contributed by atoms with Gasteiger partial charge < -0.3 is 15.1 Å². The van der Waals surface area contributed by atoms with Crippen molar-refractivity contribution in [1.82, 2.24) is 9.80 Å². The highest BCUT2D eigenvalue weighted by atomic mass is 16.1. The maximum Gasteiger partial charge on any atom is 0.293 e. The van der Waals surface area contributed by atoms with E-state index in [1.54, 1.807) is 6.08 Å². The summed E-state index contributed by atoms with van der Waals surface area (Å²) in [6, 6.07) is 7.44. The standard InChI is InChI=1S/C32H43N5O/c1-5-36-18-20-37(21-19-36)26-9-6-23(7-10-26)25-8-11-28(35-31(38)29-12-13-30(33-4)34-29)27(22-25)24-14-16-32(2,3)17-15-24/h8,11,13-14,22-23,26H,5-7,9-10,12,15-21H2,1-3H3,(H,35,38). The minimum absolute atomic E-state index is 0.200. The molecule has 202 valence electrons. The van der Waals surface area contributed by atoms with Crippen LogP contribution in [0.2, 0.25) is 0 Å². The molecular weight excluding hydrogens is 470 g/mol. The van der Waals surface area contributed by atoms with Crippen LogP contribution in [-0.4, -0.2) is 60.2 Å². The summed E-state index contributed by atoms with van der Waals surface area (Å²) in [6.07, 6.45) is 12.8. The van der Waals surface area contributed by atoms with Crippen LogP contribution in [0.5, 0.6) is 0 Å². The molecule has 0 aromatic heterocycles. The SMILES string of the molecule is [C-]#[N+]C1=CCC(C(=O)Nc2ccc(C3CCC(N4CCN(CC)CC4)CC3)cc2C2=CCC(C)(C)CC2)=N1. The second kappa shape index (κ2) is 11.6. The zero-order valence-corrected chi connectivity index (χ0v) is 23.4. The molecule has 2 aliphatic carbocycles. The number of carbonyl (C=O) groups is 1. The van der Waals surface area contributed by atoms with Crippen molar-refractivity contribution in [2.45, 2.75) is 84.1 Å². The second-order valence-electron chi connectivity index (χ2n) is 12.3. The predicted molar refractivity (Wildman–Crippen MR) is 156 cm³/mol. The Morgan fingerprint density at radius 2 is 1.89 bits per heavy atom. The molecule has 1 N–H and O–H groups in total. The van der Waals surface area contributed by atoms with Crippen molar-refractivity contribution in [3.63, 3.8) is 0 Å². The van der Waals surface area contributed by atoms with Crippen molar-refractivity contribution in [2.75, 3.05) is 38.0 Å². The average molecular weight is 514 g/mol. The zero-order valence-electron chi connectivity index (χ0n) is 23.4. The van der Waals surface area contributed by atoms with E-state index in [0.29, 0.717) is 29.3 Å². The quantitative estimate of drug-likeness (QED) is 0.443. The summed E-state index contributed by atoms with van der Waals surface area (Å²) in [5.41, 5.74) is 5.53. The normalized spacial score (nSPS) is 26.2. The summed E-state index contributed by atoms with van der Waals surface area (Å²) in [4.78, 5) is 25.9. The number of rotatable bonds is 6. The number of aliphatic imine (C=N–C) groups is 1. The van der Waals surface area contributed by atoms with Crippen LogP contribution in [0.25, 0.3) is 10.4 Å². The third-order valence-electron chi connectivity index (χ3n) is 9.25. The molecule has 4 aliphatic rings. The van der Waals surface area contributed by atoms with E-state index in [2.05, 4.69) is 70.0 Å². The summed E-state index contributed by atoms with van der Waals surface area (Å²) in [5, 5.41) is 3.15. The molecule has 6 heteroatoms. The summed E-state index contributed by atoms with van der Waals surface area (Å²) in [5.74, 6) is 0.692. The van der Waals surface area contributed by atoms with Gasteiger partial charge in [-0.05, 0) is 86.1 Å². The van der Waals surface area contributed by atoms with E-state index >= 15 is 0 Å². The molecule has 0 radical (unpaired) electrons. The minimum atomic E-state index is -0.200. The molecule has 1 saturated heterocycles. The number of nitrogens with one attached hydrogen (secondary N) is 1. The van der Waals surface area contributed by atoms with Gasteiger partial charge in [0.25, 0.3) is 11.7 Å². The van der Waals surface area contributed by atoms with Gasteiger partial charge in [-0.1, -0.05) is 45.6 Å². The van der Waals surface area contributed by atoms with E-state index in [0.717, 1.165) is 31.0 Å². The van der Waals surface area contributed by atoms with Crippen molar-refractivity contribution in [3.05, 3.63) is 58.7 Å². The fourth-order valence-corrected chi connectivity index (χ4v) is 6.56. The highest BCUT2D eigenvalue weighted by Crippen LogP contribution is 2.42. The number of amides is 1. The molecule has 0 bridgehead atoms. The van der Waals surface area contributed by atoms with Gasteiger partial charge in [0.1, 0.15) is 0 Å². The van der Waals surface area contributed by atoms with Crippen molar-refractivity contribution >= 4 is 22.9 Å². The monoisotopic (exact) mass is 513 g/mol. The van der Waals surface area contributed by atoms with Crippen molar-refractivity contribution in [3.8, 4) is 0 Å². The summed E-state index contributed by atoms with van der Waals surface area (Å²) in [7, 11) is 0. The van der Waals surface area contributed by atoms with E-state index in [4.69, 9.17) is 6.57 Å². The van der Waals surface area contributed by atoms with Gasteiger partial charge in [0.2, 0.25) is 0 Å². The third-order valence-corrected chi connectivity index (χ3v) is 9.25. The number of hydrogen-bond donors (Lipinski definition) is 1. The number of carbonyl (C=O) groups excluding carboxylic acids is 1. The third kappa shape index (κ3) is 6.11. The van der Waals surface area contributed by atoms with Crippen molar-refractivity contribution in [2.24, 2.45) is 10.4 Å². The fraction of sp³-hybridized carbons (Fsp3) is 0.594. The minimum Gasteiger partial charge on any atom is -0.361 e. The number of likely N-dealkylation sites (N-methyl/N-ethyl adjacent to an activating group) is 1. The molecule has 2 aliphatic heterocycles. The van der Waals surface area contributed by atoms with Gasteiger partial charge >= 0.3 is 0 Å². The van der Waals surface area contributed by atoms with E-state index in [1.165, 1.54) is 75.1 Å². The van der Waals surface area contributed by atoms with Crippen LogP contribution < -0.4 is 5.32 Å². The molecule has 6 nitrogen and oxygen atoms in total. The molecule has 38 heavy (non-hydrogen) atoms. The molecule has 0 atom stereocenters.